The van der Waals surface area contributed by atoms with Crippen molar-refractivity contribution in [1.82, 2.24) is 10.2 Å². The van der Waals surface area contributed by atoms with Crippen LogP contribution in [0.2, 0.25) is 0 Å². The Balaban J connectivity index is 1.58. The monoisotopic (exact) mass is 409 g/mol. The highest BCUT2D eigenvalue weighted by molar-refractivity contribution is 5.99. The van der Waals surface area contributed by atoms with Crippen LogP contribution in [0.4, 0.5) is 5.69 Å². The molecule has 1 fully saturated rings. The lowest BCUT2D eigenvalue weighted by atomic mass is 9.84. The Morgan fingerprint density at radius 2 is 1.70 bits per heavy atom. The van der Waals surface area contributed by atoms with Gasteiger partial charge in [-0.3, -0.25) is 9.59 Å². The van der Waals surface area contributed by atoms with Gasteiger partial charge in [-0.25, -0.2) is 0 Å². The Hall–Kier alpha value is -2.86. The van der Waals surface area contributed by atoms with Crippen molar-refractivity contribution in [3.05, 3.63) is 65.7 Å². The molecule has 0 saturated carbocycles. The third-order valence-electron chi connectivity index (χ3n) is 5.70. The van der Waals surface area contributed by atoms with Crippen LogP contribution in [0.25, 0.3) is 0 Å². The lowest BCUT2D eigenvalue weighted by Gasteiger charge is -2.41. The predicted molar refractivity (Wildman–Crippen MR) is 118 cm³/mol. The number of para-hydroxylation sites is 1. The first-order valence-electron chi connectivity index (χ1n) is 10.6. The molecule has 2 aromatic carbocycles. The molecule has 1 aliphatic rings. The highest BCUT2D eigenvalue weighted by Crippen LogP contribution is 2.37. The molecule has 6 nitrogen and oxygen atoms in total. The molecule has 0 bridgehead atoms. The van der Waals surface area contributed by atoms with Gasteiger partial charge in [0, 0.05) is 58.2 Å². The molecule has 30 heavy (non-hydrogen) atoms. The number of ether oxygens (including phenoxy) is 1. The minimum absolute atomic E-state index is 0.0959. The van der Waals surface area contributed by atoms with Gasteiger partial charge in [-0.05, 0) is 17.7 Å². The second kappa shape index (κ2) is 10.3. The van der Waals surface area contributed by atoms with Crippen LogP contribution in [0.1, 0.15) is 42.1 Å². The van der Waals surface area contributed by atoms with E-state index < -0.39 is 5.60 Å². The highest BCUT2D eigenvalue weighted by atomic mass is 16.6. The first-order chi connectivity index (χ1) is 14.6. The summed E-state index contributed by atoms with van der Waals surface area (Å²) < 4.78 is 5.97. The van der Waals surface area contributed by atoms with E-state index in [4.69, 9.17) is 4.74 Å². The normalized spacial score (nSPS) is 15.9. The fraction of sp³-hybridized carbons (Fsp3) is 0.417. The van der Waals surface area contributed by atoms with Gasteiger partial charge in [-0.2, -0.15) is 0 Å². The lowest BCUT2D eigenvalue weighted by molar-refractivity contribution is -0.166. The largest absolute Gasteiger partial charge is 0.454 e. The fourth-order valence-corrected chi connectivity index (χ4v) is 3.94. The molecule has 1 amide bonds. The van der Waals surface area contributed by atoms with Crippen molar-refractivity contribution < 1.29 is 14.3 Å². The maximum absolute atomic E-state index is 12.1. The summed E-state index contributed by atoms with van der Waals surface area (Å²) in [5, 5.41) is 6.06. The number of rotatable bonds is 8. The van der Waals surface area contributed by atoms with E-state index in [-0.39, 0.29) is 11.9 Å². The quantitative estimate of drug-likeness (QED) is 0.654. The number of nitrogens with zero attached hydrogens (tertiary/aromatic N) is 1. The summed E-state index contributed by atoms with van der Waals surface area (Å²) in [5.74, 6) is -0.249. The maximum atomic E-state index is 12.1. The number of nitrogens with one attached hydrogen (secondary N) is 2. The van der Waals surface area contributed by atoms with Gasteiger partial charge < -0.3 is 20.3 Å². The zero-order valence-electron chi connectivity index (χ0n) is 17.8. The van der Waals surface area contributed by atoms with Crippen LogP contribution in [0.5, 0.6) is 0 Å². The second-order valence-corrected chi connectivity index (χ2v) is 7.58. The standard InChI is InChI=1S/C24H31N3O3/c1-3-22(28)30-24(19-9-5-4-6-10-19)13-16-27(17-14-24)18-15-26-21-12-8-7-11-20(21)23(29)25-2/h4-12,26H,3,13-18H2,1-2H3,(H,25,29). The zero-order chi connectivity index (χ0) is 21.4. The molecule has 160 valence electrons. The topological polar surface area (TPSA) is 70.7 Å². The molecule has 0 unspecified atom stereocenters. The number of esters is 1. The Morgan fingerprint density at radius 3 is 2.37 bits per heavy atom. The van der Waals surface area contributed by atoms with E-state index in [0.717, 1.165) is 50.3 Å². The van der Waals surface area contributed by atoms with Crippen LogP contribution >= 0.6 is 0 Å². The molecule has 0 radical (unpaired) electrons. The molecule has 0 atom stereocenters. The Kier molecular flexibility index (Phi) is 7.46. The van der Waals surface area contributed by atoms with Gasteiger partial charge in [-0.1, -0.05) is 49.4 Å². The van der Waals surface area contributed by atoms with E-state index in [0.29, 0.717) is 12.0 Å². The van der Waals surface area contributed by atoms with Crippen molar-refractivity contribution in [1.29, 1.82) is 0 Å². The lowest BCUT2D eigenvalue weighted by Crippen LogP contribution is -2.46. The summed E-state index contributed by atoms with van der Waals surface area (Å²) in [4.78, 5) is 26.5. The predicted octanol–water partition coefficient (Wildman–Crippen LogP) is 3.40. The van der Waals surface area contributed by atoms with Gasteiger partial charge in [0.15, 0.2) is 0 Å². The number of carbonyl (C=O) groups is 2. The average Bonchev–Trinajstić information content (AvgIpc) is 2.80. The number of piperidine rings is 1. The highest BCUT2D eigenvalue weighted by Gasteiger charge is 2.39. The van der Waals surface area contributed by atoms with Crippen LogP contribution in [-0.2, 0) is 15.1 Å². The van der Waals surface area contributed by atoms with Gasteiger partial charge in [0.2, 0.25) is 0 Å². The molecule has 3 rings (SSSR count). The minimum atomic E-state index is -0.538. The fourth-order valence-electron chi connectivity index (χ4n) is 3.94. The van der Waals surface area contributed by atoms with Gasteiger partial charge in [0.05, 0.1) is 5.56 Å². The van der Waals surface area contributed by atoms with Crippen LogP contribution in [0, 0.1) is 0 Å². The van der Waals surface area contributed by atoms with Crippen molar-refractivity contribution in [2.45, 2.75) is 31.8 Å². The molecular weight excluding hydrogens is 378 g/mol. The molecule has 1 heterocycles. The SMILES string of the molecule is CCC(=O)OC1(c2ccccc2)CCN(CCNc2ccccc2C(=O)NC)CC1. The van der Waals surface area contributed by atoms with E-state index in [1.807, 2.05) is 49.4 Å². The van der Waals surface area contributed by atoms with Gasteiger partial charge in [-0.15, -0.1) is 0 Å². The Morgan fingerprint density at radius 1 is 1.03 bits per heavy atom. The number of benzene rings is 2. The van der Waals surface area contributed by atoms with Crippen LogP contribution in [0.15, 0.2) is 54.6 Å². The molecule has 1 saturated heterocycles. The molecule has 0 aliphatic carbocycles. The first-order valence-corrected chi connectivity index (χ1v) is 10.6. The molecule has 6 heteroatoms. The molecule has 1 aliphatic heterocycles. The summed E-state index contributed by atoms with van der Waals surface area (Å²) in [7, 11) is 1.64. The van der Waals surface area contributed by atoms with Gasteiger partial charge >= 0.3 is 5.97 Å². The smallest absolute Gasteiger partial charge is 0.306 e. The van der Waals surface area contributed by atoms with Gasteiger partial charge in [0.25, 0.3) is 5.91 Å². The van der Waals surface area contributed by atoms with Crippen molar-refractivity contribution in [3.8, 4) is 0 Å². The number of hydrogen-bond donors (Lipinski definition) is 2. The summed E-state index contributed by atoms with van der Waals surface area (Å²) in [6.07, 6.45) is 1.93. The number of anilines is 1. The third-order valence-corrected chi connectivity index (χ3v) is 5.70. The number of likely N-dealkylation sites (tertiary alicyclic amines) is 1. The van der Waals surface area contributed by atoms with E-state index in [2.05, 4.69) is 27.7 Å². The summed E-state index contributed by atoms with van der Waals surface area (Å²) >= 11 is 0. The molecule has 0 aromatic heterocycles. The van der Waals surface area contributed by atoms with Crippen molar-refractivity contribution in [2.24, 2.45) is 0 Å². The van der Waals surface area contributed by atoms with E-state index >= 15 is 0 Å². The average molecular weight is 410 g/mol. The molecule has 2 N–H and O–H groups in total. The number of amides is 1. The summed E-state index contributed by atoms with van der Waals surface area (Å²) in [6.45, 7) is 5.13. The first kappa shape index (κ1) is 21.8. The zero-order valence-corrected chi connectivity index (χ0v) is 17.8. The van der Waals surface area contributed by atoms with Crippen molar-refractivity contribution in [2.75, 3.05) is 38.5 Å². The van der Waals surface area contributed by atoms with Gasteiger partial charge in [0.1, 0.15) is 5.60 Å². The van der Waals surface area contributed by atoms with Crippen LogP contribution < -0.4 is 10.6 Å². The molecule has 2 aromatic rings. The van der Waals surface area contributed by atoms with Crippen LogP contribution in [-0.4, -0.2) is 50.0 Å². The van der Waals surface area contributed by atoms with Crippen molar-refractivity contribution in [3.63, 3.8) is 0 Å². The Labute approximate surface area is 178 Å². The van der Waals surface area contributed by atoms with E-state index in [9.17, 15) is 9.59 Å². The Bertz CT molecular complexity index is 846. The van der Waals surface area contributed by atoms with Crippen LogP contribution in [0.3, 0.4) is 0 Å². The van der Waals surface area contributed by atoms with Crippen molar-refractivity contribution >= 4 is 17.6 Å². The molecular formula is C24H31N3O3. The second-order valence-electron chi connectivity index (χ2n) is 7.58. The number of carbonyl (C=O) groups excluding carboxylic acids is 2. The van der Waals surface area contributed by atoms with E-state index in [1.165, 1.54) is 0 Å². The summed E-state index contributed by atoms with van der Waals surface area (Å²) in [5.41, 5.74) is 2.02. The number of hydrogen-bond acceptors (Lipinski definition) is 5. The summed E-state index contributed by atoms with van der Waals surface area (Å²) in [6, 6.07) is 17.6. The maximum Gasteiger partial charge on any atom is 0.306 e. The molecule has 0 spiro atoms. The van der Waals surface area contributed by atoms with E-state index in [1.54, 1.807) is 7.05 Å². The minimum Gasteiger partial charge on any atom is -0.454 e. The third kappa shape index (κ3) is 5.19.